The van der Waals surface area contributed by atoms with E-state index in [9.17, 15) is 4.91 Å². The van der Waals surface area contributed by atoms with Gasteiger partial charge in [0.25, 0.3) is 5.69 Å². The highest BCUT2D eigenvalue weighted by atomic mass is 32.2. The standard InChI is InChI=1S/C12H11N2OS/c13-14(15)10-6-8-12(9-7-10)16-11-4-2-1-3-5-11/h1-9H,(H2,13,15)/q+1. The lowest BCUT2D eigenvalue weighted by molar-refractivity contribution is -0.474. The van der Waals surface area contributed by atoms with Crippen LogP contribution in [0.25, 0.3) is 0 Å². The van der Waals surface area contributed by atoms with Crippen molar-refractivity contribution in [2.75, 3.05) is 0 Å². The highest BCUT2D eigenvalue weighted by Crippen LogP contribution is 2.28. The molecule has 2 rings (SSSR count). The zero-order chi connectivity index (χ0) is 11.4. The number of hydrazine groups is 1. The van der Waals surface area contributed by atoms with Crippen molar-refractivity contribution >= 4 is 17.4 Å². The van der Waals surface area contributed by atoms with Crippen molar-refractivity contribution in [3.63, 3.8) is 0 Å². The summed E-state index contributed by atoms with van der Waals surface area (Å²) in [5.74, 6) is 5.09. The number of nitrogens with zero attached hydrogens (tertiary/aromatic N) is 1. The van der Waals surface area contributed by atoms with Crippen LogP contribution in [0, 0.1) is 4.91 Å². The molecule has 0 bridgehead atoms. The minimum Gasteiger partial charge on any atom is -0.159 e. The molecule has 0 fully saturated rings. The van der Waals surface area contributed by atoms with E-state index in [4.69, 9.17) is 5.84 Å². The fourth-order valence-electron chi connectivity index (χ4n) is 1.29. The normalized spacial score (nSPS) is 10.0. The molecule has 0 aliphatic carbocycles. The lowest BCUT2D eigenvalue weighted by Crippen LogP contribution is -2.08. The molecule has 16 heavy (non-hydrogen) atoms. The zero-order valence-corrected chi connectivity index (χ0v) is 9.35. The predicted octanol–water partition coefficient (Wildman–Crippen LogP) is 3.12. The van der Waals surface area contributed by atoms with Crippen molar-refractivity contribution in [3.05, 3.63) is 59.5 Å². The second-order valence-electron chi connectivity index (χ2n) is 3.23. The van der Waals surface area contributed by atoms with Gasteiger partial charge < -0.3 is 0 Å². The smallest absolute Gasteiger partial charge is 0.159 e. The highest BCUT2D eigenvalue weighted by Gasteiger charge is 2.07. The average Bonchev–Trinajstić information content (AvgIpc) is 2.31. The highest BCUT2D eigenvalue weighted by molar-refractivity contribution is 7.99. The van der Waals surface area contributed by atoms with E-state index < -0.39 is 0 Å². The largest absolute Gasteiger partial charge is 0.291 e. The molecule has 0 aromatic heterocycles. The Labute approximate surface area is 97.8 Å². The fraction of sp³-hybridized carbons (Fsp3) is 0. The van der Waals surface area contributed by atoms with Crippen LogP contribution in [0.2, 0.25) is 0 Å². The first-order valence-corrected chi connectivity index (χ1v) is 5.62. The lowest BCUT2D eigenvalue weighted by atomic mass is 10.3. The van der Waals surface area contributed by atoms with E-state index in [1.165, 1.54) is 4.90 Å². The van der Waals surface area contributed by atoms with Crippen LogP contribution in [0.15, 0.2) is 64.4 Å². The molecule has 0 heterocycles. The maximum Gasteiger partial charge on any atom is 0.291 e. The van der Waals surface area contributed by atoms with Crippen LogP contribution in [-0.4, -0.2) is 4.87 Å². The first-order valence-electron chi connectivity index (χ1n) is 4.80. The average molecular weight is 231 g/mol. The van der Waals surface area contributed by atoms with E-state index in [-0.39, 0.29) is 0 Å². The molecule has 4 heteroatoms. The molecule has 2 N–H and O–H groups in total. The van der Waals surface area contributed by atoms with Crippen molar-refractivity contribution in [2.45, 2.75) is 9.79 Å². The minimum absolute atomic E-state index is 0.358. The summed E-state index contributed by atoms with van der Waals surface area (Å²) in [5, 5.41) is 0. The summed E-state index contributed by atoms with van der Waals surface area (Å²) in [6.45, 7) is 0. The van der Waals surface area contributed by atoms with Crippen molar-refractivity contribution in [3.8, 4) is 0 Å². The maximum atomic E-state index is 10.8. The van der Waals surface area contributed by atoms with Crippen LogP contribution in [-0.2, 0) is 0 Å². The number of benzene rings is 2. The minimum atomic E-state index is 0.358. The third-order valence-electron chi connectivity index (χ3n) is 2.07. The molecule has 0 atom stereocenters. The summed E-state index contributed by atoms with van der Waals surface area (Å²) in [6.07, 6.45) is 0. The van der Waals surface area contributed by atoms with Crippen LogP contribution < -0.4 is 5.84 Å². The first-order chi connectivity index (χ1) is 7.75. The Morgan fingerprint density at radius 2 is 1.44 bits per heavy atom. The molecule has 2 aromatic carbocycles. The third-order valence-corrected chi connectivity index (χ3v) is 3.09. The van der Waals surface area contributed by atoms with Gasteiger partial charge >= 0.3 is 0 Å². The van der Waals surface area contributed by atoms with Gasteiger partial charge in [0.15, 0.2) is 4.87 Å². The van der Waals surface area contributed by atoms with Gasteiger partial charge in [0.05, 0.1) is 4.91 Å². The van der Waals surface area contributed by atoms with Crippen LogP contribution in [0.5, 0.6) is 0 Å². The van der Waals surface area contributed by atoms with E-state index in [0.717, 1.165) is 4.90 Å². The number of hydrogen-bond donors (Lipinski definition) is 1. The second-order valence-corrected chi connectivity index (χ2v) is 4.38. The fourth-order valence-corrected chi connectivity index (χ4v) is 2.12. The summed E-state index contributed by atoms with van der Waals surface area (Å²) < 4.78 is 0. The molecule has 0 unspecified atom stereocenters. The van der Waals surface area contributed by atoms with Crippen molar-refractivity contribution in [1.82, 2.24) is 0 Å². The van der Waals surface area contributed by atoms with Crippen LogP contribution in [0.1, 0.15) is 0 Å². The topological polar surface area (TPSA) is 46.1 Å². The molecule has 0 aliphatic heterocycles. The quantitative estimate of drug-likeness (QED) is 0.501. The van der Waals surface area contributed by atoms with Gasteiger partial charge in [-0.2, -0.15) is 5.84 Å². The van der Waals surface area contributed by atoms with E-state index in [1.54, 1.807) is 23.9 Å². The molecular weight excluding hydrogens is 220 g/mol. The predicted molar refractivity (Wildman–Crippen MR) is 64.5 cm³/mol. The molecule has 80 valence electrons. The van der Waals surface area contributed by atoms with Crippen LogP contribution in [0.4, 0.5) is 5.69 Å². The number of nitrogens with two attached hydrogens (primary N) is 1. The zero-order valence-electron chi connectivity index (χ0n) is 8.54. The van der Waals surface area contributed by atoms with Gasteiger partial charge in [-0.1, -0.05) is 30.0 Å². The Balaban J connectivity index is 2.14. The monoisotopic (exact) mass is 231 g/mol. The molecule has 0 aliphatic rings. The van der Waals surface area contributed by atoms with Gasteiger partial charge in [-0.3, -0.25) is 0 Å². The SMILES string of the molecule is N[N+](=O)c1ccc(Sc2ccccc2)cc1. The number of nitroso groups, excluding NO2 is 1. The van der Waals surface area contributed by atoms with E-state index >= 15 is 0 Å². The molecule has 2 aromatic rings. The van der Waals surface area contributed by atoms with Gasteiger partial charge in [-0.05, 0) is 24.3 Å². The number of rotatable bonds is 3. The Bertz CT molecular complexity index is 482. The van der Waals surface area contributed by atoms with Gasteiger partial charge in [-0.25, -0.2) is 0 Å². The van der Waals surface area contributed by atoms with Gasteiger partial charge in [0.2, 0.25) is 0 Å². The first kappa shape index (κ1) is 10.7. The lowest BCUT2D eigenvalue weighted by Gasteiger charge is -1.99. The summed E-state index contributed by atoms with van der Waals surface area (Å²) in [7, 11) is 0. The second kappa shape index (κ2) is 4.81. The van der Waals surface area contributed by atoms with Gasteiger partial charge in [-0.15, -0.1) is 0 Å². The molecule has 0 saturated carbocycles. The molecule has 3 nitrogen and oxygen atoms in total. The molecular formula is C12H11N2OS+. The van der Waals surface area contributed by atoms with Gasteiger partial charge in [0, 0.05) is 21.9 Å². The molecule has 0 spiro atoms. The Kier molecular flexibility index (Phi) is 3.22. The summed E-state index contributed by atoms with van der Waals surface area (Å²) in [5.41, 5.74) is 0.456. The van der Waals surface area contributed by atoms with Crippen LogP contribution >= 0.6 is 11.8 Å². The Morgan fingerprint density at radius 3 is 2.00 bits per heavy atom. The van der Waals surface area contributed by atoms with Gasteiger partial charge in [0.1, 0.15) is 0 Å². The third kappa shape index (κ3) is 2.61. The van der Waals surface area contributed by atoms with E-state index in [2.05, 4.69) is 0 Å². The Hall–Kier alpha value is -1.81. The molecule has 0 saturated heterocycles. The van der Waals surface area contributed by atoms with E-state index in [0.29, 0.717) is 10.6 Å². The summed E-state index contributed by atoms with van der Waals surface area (Å²) in [6, 6.07) is 17.2. The van der Waals surface area contributed by atoms with Crippen molar-refractivity contribution in [1.29, 1.82) is 0 Å². The van der Waals surface area contributed by atoms with E-state index in [1.807, 2.05) is 42.5 Å². The maximum absolute atomic E-state index is 10.8. The summed E-state index contributed by atoms with van der Waals surface area (Å²) >= 11 is 1.65. The number of hydrogen-bond acceptors (Lipinski definition) is 2. The summed E-state index contributed by atoms with van der Waals surface area (Å²) in [4.78, 5) is 13.4. The van der Waals surface area contributed by atoms with Crippen molar-refractivity contribution in [2.24, 2.45) is 5.84 Å². The molecule has 0 amide bonds. The van der Waals surface area contributed by atoms with Crippen LogP contribution in [0.3, 0.4) is 0 Å². The van der Waals surface area contributed by atoms with Crippen molar-refractivity contribution < 1.29 is 4.87 Å². The Morgan fingerprint density at radius 1 is 0.875 bits per heavy atom. The molecule has 0 radical (unpaired) electrons.